The normalized spacial score (nSPS) is 18.9. The van der Waals surface area contributed by atoms with Gasteiger partial charge in [-0.1, -0.05) is 12.1 Å². The van der Waals surface area contributed by atoms with Gasteiger partial charge in [0, 0.05) is 13.2 Å². The van der Waals surface area contributed by atoms with Gasteiger partial charge < -0.3 is 10.1 Å². The summed E-state index contributed by atoms with van der Waals surface area (Å²) >= 11 is 0. The highest BCUT2D eigenvalue weighted by atomic mass is 32.2. The van der Waals surface area contributed by atoms with Crippen LogP contribution in [-0.2, 0) is 26.0 Å². The number of carbonyl (C=O) groups excluding carboxylic acids is 1. The second-order valence-electron chi connectivity index (χ2n) is 4.79. The molecule has 110 valence electrons. The highest BCUT2D eigenvalue weighted by molar-refractivity contribution is 7.89. The summed E-state index contributed by atoms with van der Waals surface area (Å²) in [6.45, 7) is 1.66. The Labute approximate surface area is 118 Å². The van der Waals surface area contributed by atoms with E-state index < -0.39 is 10.0 Å². The SMILES string of the molecule is NS(=O)(=O)c1ccc(CCNC(=O)[C@H]2CCOC2)cc1. The summed E-state index contributed by atoms with van der Waals surface area (Å²) in [4.78, 5) is 11.8. The van der Waals surface area contributed by atoms with Gasteiger partial charge in [-0.05, 0) is 30.5 Å². The number of carbonyl (C=O) groups is 1. The van der Waals surface area contributed by atoms with Gasteiger partial charge >= 0.3 is 0 Å². The van der Waals surface area contributed by atoms with Crippen LogP contribution in [0.1, 0.15) is 12.0 Å². The fraction of sp³-hybridized carbons (Fsp3) is 0.462. The molecule has 1 saturated heterocycles. The van der Waals surface area contributed by atoms with Gasteiger partial charge in [0.25, 0.3) is 0 Å². The van der Waals surface area contributed by atoms with Crippen LogP contribution >= 0.6 is 0 Å². The predicted molar refractivity (Wildman–Crippen MR) is 73.5 cm³/mol. The van der Waals surface area contributed by atoms with Crippen LogP contribution < -0.4 is 10.5 Å². The Kier molecular flexibility index (Phi) is 4.74. The lowest BCUT2D eigenvalue weighted by Crippen LogP contribution is -2.32. The largest absolute Gasteiger partial charge is 0.381 e. The number of hydrogen-bond acceptors (Lipinski definition) is 4. The molecule has 0 spiro atoms. The van der Waals surface area contributed by atoms with E-state index in [1.807, 2.05) is 0 Å². The van der Waals surface area contributed by atoms with Crippen molar-refractivity contribution in [3.8, 4) is 0 Å². The summed E-state index contributed by atoms with van der Waals surface area (Å²) in [6, 6.07) is 6.34. The molecule has 6 nitrogen and oxygen atoms in total. The van der Waals surface area contributed by atoms with Crippen LogP contribution in [0.3, 0.4) is 0 Å². The van der Waals surface area contributed by atoms with Crippen LogP contribution in [0.2, 0.25) is 0 Å². The summed E-state index contributed by atoms with van der Waals surface area (Å²) in [7, 11) is -3.65. The van der Waals surface area contributed by atoms with Crippen LogP contribution in [0.25, 0.3) is 0 Å². The maximum Gasteiger partial charge on any atom is 0.238 e. The Hall–Kier alpha value is -1.44. The first-order valence-corrected chi connectivity index (χ1v) is 7.98. The molecule has 1 fully saturated rings. The number of nitrogens with one attached hydrogen (secondary N) is 1. The second-order valence-corrected chi connectivity index (χ2v) is 6.35. The van der Waals surface area contributed by atoms with Crippen LogP contribution in [0.15, 0.2) is 29.2 Å². The molecule has 1 aliphatic rings. The van der Waals surface area contributed by atoms with Crippen molar-refractivity contribution < 1.29 is 17.9 Å². The first kappa shape index (κ1) is 15.0. The molecular weight excluding hydrogens is 280 g/mol. The van der Waals surface area contributed by atoms with Crippen LogP contribution in [0.4, 0.5) is 0 Å². The van der Waals surface area contributed by atoms with Crippen molar-refractivity contribution in [1.29, 1.82) is 0 Å². The number of amides is 1. The summed E-state index contributed by atoms with van der Waals surface area (Å²) in [5, 5.41) is 7.88. The number of primary sulfonamides is 1. The van der Waals surface area contributed by atoms with E-state index in [4.69, 9.17) is 9.88 Å². The predicted octanol–water partition coefficient (Wildman–Crippen LogP) is 0.0292. The first-order chi connectivity index (χ1) is 9.47. The van der Waals surface area contributed by atoms with Crippen LogP contribution in [-0.4, -0.2) is 34.1 Å². The molecule has 0 saturated carbocycles. The van der Waals surface area contributed by atoms with Gasteiger partial charge in [-0.2, -0.15) is 0 Å². The van der Waals surface area contributed by atoms with E-state index in [0.717, 1.165) is 12.0 Å². The molecule has 1 atom stereocenters. The standard InChI is InChI=1S/C13H18N2O4S/c14-20(17,18)12-3-1-10(2-4-12)5-7-15-13(16)11-6-8-19-9-11/h1-4,11H,5-9H2,(H,15,16)(H2,14,17,18)/t11-/m0/s1. The molecule has 1 aromatic carbocycles. The van der Waals surface area contributed by atoms with E-state index >= 15 is 0 Å². The Balaban J connectivity index is 1.81. The summed E-state index contributed by atoms with van der Waals surface area (Å²) < 4.78 is 27.4. The molecule has 20 heavy (non-hydrogen) atoms. The van der Waals surface area contributed by atoms with Crippen LogP contribution in [0, 0.1) is 5.92 Å². The lowest BCUT2D eigenvalue weighted by molar-refractivity contribution is -0.124. The van der Waals surface area contributed by atoms with Gasteiger partial charge in [-0.15, -0.1) is 0 Å². The quantitative estimate of drug-likeness (QED) is 0.801. The van der Waals surface area contributed by atoms with Crippen molar-refractivity contribution in [2.24, 2.45) is 11.1 Å². The number of rotatable bonds is 5. The molecule has 3 N–H and O–H groups in total. The van der Waals surface area contributed by atoms with Crippen LogP contribution in [0.5, 0.6) is 0 Å². The van der Waals surface area contributed by atoms with E-state index in [2.05, 4.69) is 5.32 Å². The molecule has 1 amide bonds. The molecule has 1 heterocycles. The fourth-order valence-corrected chi connectivity index (χ4v) is 2.58. The van der Waals surface area contributed by atoms with E-state index in [1.165, 1.54) is 12.1 Å². The monoisotopic (exact) mass is 298 g/mol. The highest BCUT2D eigenvalue weighted by Gasteiger charge is 2.22. The molecule has 7 heteroatoms. The molecule has 1 aliphatic heterocycles. The smallest absolute Gasteiger partial charge is 0.238 e. The maximum absolute atomic E-state index is 11.7. The molecule has 0 radical (unpaired) electrons. The molecular formula is C13H18N2O4S. The fourth-order valence-electron chi connectivity index (χ4n) is 2.06. The Morgan fingerprint density at radius 1 is 1.35 bits per heavy atom. The number of ether oxygens (including phenoxy) is 1. The highest BCUT2D eigenvalue weighted by Crippen LogP contribution is 2.12. The van der Waals surface area contributed by atoms with Gasteiger partial charge in [0.1, 0.15) is 0 Å². The Bertz CT molecular complexity index is 563. The van der Waals surface area contributed by atoms with Crippen molar-refractivity contribution in [2.45, 2.75) is 17.7 Å². The zero-order chi connectivity index (χ0) is 14.6. The number of benzene rings is 1. The minimum absolute atomic E-state index is 0.0173. The minimum atomic E-state index is -3.65. The maximum atomic E-state index is 11.7. The lowest BCUT2D eigenvalue weighted by Gasteiger charge is -2.09. The Morgan fingerprint density at radius 2 is 2.05 bits per heavy atom. The third kappa shape index (κ3) is 4.03. The molecule has 2 rings (SSSR count). The third-order valence-corrected chi connectivity index (χ3v) is 4.19. The van der Waals surface area contributed by atoms with Crippen molar-refractivity contribution >= 4 is 15.9 Å². The molecule has 0 bridgehead atoms. The molecule has 0 aliphatic carbocycles. The number of nitrogens with two attached hydrogens (primary N) is 1. The van der Waals surface area contributed by atoms with Crippen molar-refractivity contribution in [1.82, 2.24) is 5.32 Å². The summed E-state index contributed by atoms with van der Waals surface area (Å²) in [5.74, 6) is -0.0246. The first-order valence-electron chi connectivity index (χ1n) is 6.44. The minimum Gasteiger partial charge on any atom is -0.381 e. The lowest BCUT2D eigenvalue weighted by atomic mass is 10.1. The third-order valence-electron chi connectivity index (χ3n) is 3.27. The summed E-state index contributed by atoms with van der Waals surface area (Å²) in [6.07, 6.45) is 1.42. The van der Waals surface area contributed by atoms with Gasteiger partial charge in [-0.3, -0.25) is 4.79 Å². The van der Waals surface area contributed by atoms with Gasteiger partial charge in [0.2, 0.25) is 15.9 Å². The second kappa shape index (κ2) is 6.34. The van der Waals surface area contributed by atoms with E-state index in [-0.39, 0.29) is 16.7 Å². The van der Waals surface area contributed by atoms with Gasteiger partial charge in [-0.25, -0.2) is 13.6 Å². The molecule has 0 aromatic heterocycles. The zero-order valence-electron chi connectivity index (χ0n) is 11.0. The van der Waals surface area contributed by atoms with Gasteiger partial charge in [0.15, 0.2) is 0 Å². The van der Waals surface area contributed by atoms with E-state index in [0.29, 0.717) is 26.2 Å². The average molecular weight is 298 g/mol. The van der Waals surface area contributed by atoms with E-state index in [9.17, 15) is 13.2 Å². The topological polar surface area (TPSA) is 98.5 Å². The van der Waals surface area contributed by atoms with E-state index in [1.54, 1.807) is 12.1 Å². The van der Waals surface area contributed by atoms with Gasteiger partial charge in [0.05, 0.1) is 17.4 Å². The van der Waals surface area contributed by atoms with Crippen molar-refractivity contribution in [3.63, 3.8) is 0 Å². The average Bonchev–Trinajstić information content (AvgIpc) is 2.92. The number of hydrogen-bond donors (Lipinski definition) is 2. The van der Waals surface area contributed by atoms with Crippen molar-refractivity contribution in [2.75, 3.05) is 19.8 Å². The van der Waals surface area contributed by atoms with Crippen molar-refractivity contribution in [3.05, 3.63) is 29.8 Å². The zero-order valence-corrected chi connectivity index (χ0v) is 11.9. The Morgan fingerprint density at radius 3 is 2.60 bits per heavy atom. The molecule has 0 unspecified atom stereocenters. The number of sulfonamides is 1. The summed E-state index contributed by atoms with van der Waals surface area (Å²) in [5.41, 5.74) is 0.945. The molecule has 1 aromatic rings.